The fourth-order valence-corrected chi connectivity index (χ4v) is 2.32. The molecule has 3 nitrogen and oxygen atoms in total. The van der Waals surface area contributed by atoms with E-state index in [4.69, 9.17) is 12.2 Å². The largest absolute Gasteiger partial charge is 0.347 e. The van der Waals surface area contributed by atoms with Crippen LogP contribution in [0.15, 0.2) is 28.7 Å². The lowest BCUT2D eigenvalue weighted by atomic mass is 10.2. The van der Waals surface area contributed by atoms with Gasteiger partial charge >= 0.3 is 0 Å². The average molecular weight is 358 g/mol. The highest BCUT2D eigenvalue weighted by atomic mass is 79.9. The van der Waals surface area contributed by atoms with Crippen LogP contribution in [0.3, 0.4) is 0 Å². The summed E-state index contributed by atoms with van der Waals surface area (Å²) in [6, 6.07) is 8.07. The third kappa shape index (κ3) is 6.68. The molecule has 5 heteroatoms. The summed E-state index contributed by atoms with van der Waals surface area (Å²) in [6.45, 7) is 7.33. The van der Waals surface area contributed by atoms with Crippen molar-refractivity contribution in [3.63, 3.8) is 0 Å². The topological polar surface area (TPSA) is 18.5 Å². The minimum absolute atomic E-state index is 0.585. The number of benzene rings is 1. The number of rotatable bonds is 6. The quantitative estimate of drug-likeness (QED) is 0.782. The van der Waals surface area contributed by atoms with Crippen molar-refractivity contribution < 1.29 is 0 Å². The summed E-state index contributed by atoms with van der Waals surface area (Å²) in [5.41, 5.74) is 1.02. The zero-order valence-electron chi connectivity index (χ0n) is 12.7. The van der Waals surface area contributed by atoms with Gasteiger partial charge in [-0.3, -0.25) is 0 Å². The van der Waals surface area contributed by atoms with Crippen molar-refractivity contribution in [1.82, 2.24) is 9.80 Å². The molecule has 20 heavy (non-hydrogen) atoms. The zero-order chi connectivity index (χ0) is 15.1. The van der Waals surface area contributed by atoms with Crippen LogP contribution in [0.5, 0.6) is 0 Å². The van der Waals surface area contributed by atoms with E-state index in [0.717, 1.165) is 34.9 Å². The van der Waals surface area contributed by atoms with Gasteiger partial charge in [0.15, 0.2) is 5.11 Å². The van der Waals surface area contributed by atoms with Crippen LogP contribution in [0.25, 0.3) is 0 Å². The molecule has 112 valence electrons. The van der Waals surface area contributed by atoms with Crippen LogP contribution in [-0.4, -0.2) is 48.6 Å². The average Bonchev–Trinajstić information content (AvgIpc) is 2.36. The molecule has 1 aromatic rings. The third-order valence-corrected chi connectivity index (χ3v) is 3.67. The smallest absolute Gasteiger partial charge is 0.173 e. The first-order valence-corrected chi connectivity index (χ1v) is 8.05. The number of halogens is 1. The SMILES string of the molecule is CC(C)CN(CCN(C)C)C(=S)Nc1ccc(Br)cc1. The molecule has 0 heterocycles. The van der Waals surface area contributed by atoms with Crippen LogP contribution in [-0.2, 0) is 0 Å². The van der Waals surface area contributed by atoms with Crippen molar-refractivity contribution in [2.24, 2.45) is 5.92 Å². The zero-order valence-corrected chi connectivity index (χ0v) is 15.1. The van der Waals surface area contributed by atoms with E-state index in [0.29, 0.717) is 5.92 Å². The molecule has 0 aliphatic carbocycles. The second-order valence-electron chi connectivity index (χ2n) is 5.58. The molecule has 1 N–H and O–H groups in total. The highest BCUT2D eigenvalue weighted by molar-refractivity contribution is 9.10. The fraction of sp³-hybridized carbons (Fsp3) is 0.533. The molecule has 0 unspecified atom stereocenters. The van der Waals surface area contributed by atoms with Crippen LogP contribution in [0, 0.1) is 5.92 Å². The Labute approximate surface area is 136 Å². The number of nitrogens with one attached hydrogen (secondary N) is 1. The summed E-state index contributed by atoms with van der Waals surface area (Å²) < 4.78 is 1.07. The van der Waals surface area contributed by atoms with Crippen LogP contribution in [0.4, 0.5) is 5.69 Å². The van der Waals surface area contributed by atoms with Gasteiger partial charge in [-0.15, -0.1) is 0 Å². The molecular formula is C15H24BrN3S. The van der Waals surface area contributed by atoms with Crippen molar-refractivity contribution in [2.75, 3.05) is 39.0 Å². The highest BCUT2D eigenvalue weighted by Crippen LogP contribution is 2.15. The Bertz CT molecular complexity index is 418. The molecule has 0 saturated heterocycles. The summed E-state index contributed by atoms with van der Waals surface area (Å²) in [7, 11) is 4.16. The van der Waals surface area contributed by atoms with Gasteiger partial charge in [0.25, 0.3) is 0 Å². The third-order valence-electron chi connectivity index (χ3n) is 2.79. The predicted molar refractivity (Wildman–Crippen MR) is 95.3 cm³/mol. The molecule has 0 aromatic heterocycles. The molecule has 0 spiro atoms. The maximum atomic E-state index is 5.55. The monoisotopic (exact) mass is 357 g/mol. The van der Waals surface area contributed by atoms with Crippen molar-refractivity contribution in [1.29, 1.82) is 0 Å². The Morgan fingerprint density at radius 1 is 1.20 bits per heavy atom. The summed E-state index contributed by atoms with van der Waals surface area (Å²) in [5, 5.41) is 4.11. The van der Waals surface area contributed by atoms with Gasteiger partial charge in [-0.2, -0.15) is 0 Å². The second kappa shape index (κ2) is 8.60. The maximum absolute atomic E-state index is 5.55. The van der Waals surface area contributed by atoms with Crippen LogP contribution in [0.1, 0.15) is 13.8 Å². The summed E-state index contributed by atoms with van der Waals surface area (Å²) in [4.78, 5) is 4.41. The minimum Gasteiger partial charge on any atom is -0.347 e. The Morgan fingerprint density at radius 2 is 1.80 bits per heavy atom. The Morgan fingerprint density at radius 3 is 2.30 bits per heavy atom. The van der Waals surface area contributed by atoms with E-state index in [-0.39, 0.29) is 0 Å². The lowest BCUT2D eigenvalue weighted by Gasteiger charge is -2.28. The first-order valence-electron chi connectivity index (χ1n) is 6.84. The molecule has 0 atom stereocenters. The first kappa shape index (κ1) is 17.4. The minimum atomic E-state index is 0.585. The van der Waals surface area contributed by atoms with E-state index in [1.807, 2.05) is 24.3 Å². The number of anilines is 1. The van der Waals surface area contributed by atoms with E-state index in [2.05, 4.69) is 59.0 Å². The van der Waals surface area contributed by atoms with Crippen molar-refractivity contribution in [3.8, 4) is 0 Å². The van der Waals surface area contributed by atoms with Gasteiger partial charge in [-0.1, -0.05) is 29.8 Å². The lowest BCUT2D eigenvalue weighted by molar-refractivity contribution is 0.310. The van der Waals surface area contributed by atoms with Gasteiger partial charge in [0.05, 0.1) is 0 Å². The molecule has 0 fully saturated rings. The van der Waals surface area contributed by atoms with Gasteiger partial charge in [0.2, 0.25) is 0 Å². The van der Waals surface area contributed by atoms with E-state index in [1.165, 1.54) is 0 Å². The lowest BCUT2D eigenvalue weighted by Crippen LogP contribution is -2.41. The summed E-state index contributed by atoms with van der Waals surface area (Å²) in [5.74, 6) is 0.585. The Balaban J connectivity index is 2.64. The second-order valence-corrected chi connectivity index (χ2v) is 6.88. The van der Waals surface area contributed by atoms with E-state index < -0.39 is 0 Å². The molecule has 0 aliphatic heterocycles. The van der Waals surface area contributed by atoms with Crippen LogP contribution < -0.4 is 5.32 Å². The Kier molecular flexibility index (Phi) is 7.48. The molecule has 0 radical (unpaired) electrons. The number of hydrogen-bond donors (Lipinski definition) is 1. The van der Waals surface area contributed by atoms with E-state index >= 15 is 0 Å². The molecule has 1 rings (SSSR count). The standard InChI is InChI=1S/C15H24BrN3S/c1-12(2)11-19(10-9-18(3)4)15(20)17-14-7-5-13(16)6-8-14/h5-8,12H,9-11H2,1-4H3,(H,17,20). The maximum Gasteiger partial charge on any atom is 0.173 e. The predicted octanol–water partition coefficient (Wildman–Crippen LogP) is 3.67. The van der Waals surface area contributed by atoms with Gasteiger partial charge in [-0.25, -0.2) is 0 Å². The van der Waals surface area contributed by atoms with Gasteiger partial charge in [0, 0.05) is 29.8 Å². The van der Waals surface area contributed by atoms with Crippen molar-refractivity contribution >= 4 is 38.9 Å². The Hall–Kier alpha value is -0.650. The van der Waals surface area contributed by atoms with Gasteiger partial charge < -0.3 is 15.1 Å². The fourth-order valence-electron chi connectivity index (χ4n) is 1.77. The summed E-state index contributed by atoms with van der Waals surface area (Å²) in [6.07, 6.45) is 0. The van der Waals surface area contributed by atoms with Gasteiger partial charge in [0.1, 0.15) is 0 Å². The van der Waals surface area contributed by atoms with Crippen LogP contribution in [0.2, 0.25) is 0 Å². The van der Waals surface area contributed by atoms with E-state index in [9.17, 15) is 0 Å². The molecule has 1 aromatic carbocycles. The molecular weight excluding hydrogens is 334 g/mol. The van der Waals surface area contributed by atoms with Gasteiger partial charge in [-0.05, 0) is 56.5 Å². The number of thiocarbonyl (C=S) groups is 1. The number of nitrogens with zero attached hydrogens (tertiary/aromatic N) is 2. The molecule has 0 amide bonds. The van der Waals surface area contributed by atoms with E-state index in [1.54, 1.807) is 0 Å². The molecule has 0 saturated carbocycles. The van der Waals surface area contributed by atoms with Crippen LogP contribution >= 0.6 is 28.1 Å². The normalized spacial score (nSPS) is 10.9. The molecule has 0 bridgehead atoms. The molecule has 0 aliphatic rings. The van der Waals surface area contributed by atoms with Crippen molar-refractivity contribution in [3.05, 3.63) is 28.7 Å². The highest BCUT2D eigenvalue weighted by Gasteiger charge is 2.11. The number of likely N-dealkylation sites (N-methyl/N-ethyl adjacent to an activating group) is 1. The first-order chi connectivity index (χ1) is 9.38. The summed E-state index contributed by atoms with van der Waals surface area (Å²) >= 11 is 8.98. The number of hydrogen-bond acceptors (Lipinski definition) is 2. The van der Waals surface area contributed by atoms with Crippen molar-refractivity contribution in [2.45, 2.75) is 13.8 Å².